The van der Waals surface area contributed by atoms with Gasteiger partial charge in [0.05, 0.1) is 12.6 Å². The van der Waals surface area contributed by atoms with Crippen LogP contribution < -0.4 is 0 Å². The molecule has 0 aliphatic carbocycles. The lowest BCUT2D eigenvalue weighted by molar-refractivity contribution is -0.164. The first-order valence-electron chi connectivity index (χ1n) is 9.00. The van der Waals surface area contributed by atoms with Crippen molar-refractivity contribution in [3.8, 4) is 0 Å². The monoisotopic (exact) mass is 332 g/mol. The molecule has 5 nitrogen and oxygen atoms in total. The van der Waals surface area contributed by atoms with E-state index in [-0.39, 0.29) is 18.2 Å². The van der Waals surface area contributed by atoms with Crippen molar-refractivity contribution >= 4 is 5.91 Å². The van der Waals surface area contributed by atoms with E-state index in [4.69, 9.17) is 9.47 Å². The fourth-order valence-corrected chi connectivity index (χ4v) is 3.42. The number of carbonyl (C=O) groups is 1. The molecule has 3 rings (SSSR count). The molecule has 1 aromatic carbocycles. The average molecular weight is 332 g/mol. The summed E-state index contributed by atoms with van der Waals surface area (Å²) in [6, 6.07) is 10.2. The van der Waals surface area contributed by atoms with Crippen LogP contribution in [0.2, 0.25) is 0 Å². The second kappa shape index (κ2) is 8.60. The van der Waals surface area contributed by atoms with E-state index in [0.717, 1.165) is 39.0 Å². The fraction of sp³-hybridized carbons (Fsp3) is 0.632. The molecule has 132 valence electrons. The molecule has 2 aliphatic rings. The van der Waals surface area contributed by atoms with Gasteiger partial charge in [-0.05, 0) is 38.3 Å². The number of likely N-dealkylation sites (tertiary alicyclic amines) is 1. The molecule has 2 saturated heterocycles. The van der Waals surface area contributed by atoms with Gasteiger partial charge in [-0.3, -0.25) is 9.69 Å². The van der Waals surface area contributed by atoms with E-state index in [9.17, 15) is 4.79 Å². The van der Waals surface area contributed by atoms with E-state index >= 15 is 0 Å². The summed E-state index contributed by atoms with van der Waals surface area (Å²) in [5, 5.41) is 0. The van der Waals surface area contributed by atoms with Gasteiger partial charge in [0.15, 0.2) is 6.29 Å². The van der Waals surface area contributed by atoms with Crippen molar-refractivity contribution in [2.45, 2.75) is 44.6 Å². The summed E-state index contributed by atoms with van der Waals surface area (Å²) in [6.07, 6.45) is 4.13. The second-order valence-corrected chi connectivity index (χ2v) is 6.70. The Morgan fingerprint density at radius 1 is 1.25 bits per heavy atom. The second-order valence-electron chi connectivity index (χ2n) is 6.70. The van der Waals surface area contributed by atoms with Crippen molar-refractivity contribution in [2.24, 2.45) is 0 Å². The smallest absolute Gasteiger partial charge is 0.240 e. The highest BCUT2D eigenvalue weighted by Gasteiger charge is 2.34. The van der Waals surface area contributed by atoms with Crippen LogP contribution in [0.1, 0.15) is 31.2 Å². The van der Waals surface area contributed by atoms with Crippen LogP contribution in [0.25, 0.3) is 0 Å². The van der Waals surface area contributed by atoms with E-state index in [1.165, 1.54) is 12.0 Å². The van der Waals surface area contributed by atoms with Crippen LogP contribution in [0, 0.1) is 0 Å². The lowest BCUT2D eigenvalue weighted by Gasteiger charge is -2.26. The molecular formula is C19H28N2O3. The SMILES string of the molecule is CN(CCO[C@@H]1CCCCO1)[C@H]1CCN(Cc2ccccc2)C1=O. The topological polar surface area (TPSA) is 42.0 Å². The van der Waals surface area contributed by atoms with E-state index in [1.807, 2.05) is 30.1 Å². The van der Waals surface area contributed by atoms with E-state index in [2.05, 4.69) is 17.0 Å². The molecule has 0 N–H and O–H groups in total. The lowest BCUT2D eigenvalue weighted by Crippen LogP contribution is -2.41. The van der Waals surface area contributed by atoms with Crippen molar-refractivity contribution in [3.63, 3.8) is 0 Å². The fourth-order valence-electron chi connectivity index (χ4n) is 3.42. The summed E-state index contributed by atoms with van der Waals surface area (Å²) in [5.74, 6) is 0.232. The molecule has 0 spiro atoms. The first-order valence-corrected chi connectivity index (χ1v) is 9.00. The van der Waals surface area contributed by atoms with Gasteiger partial charge < -0.3 is 14.4 Å². The zero-order valence-electron chi connectivity index (χ0n) is 14.5. The number of nitrogens with zero attached hydrogens (tertiary/aromatic N) is 2. The van der Waals surface area contributed by atoms with E-state index in [1.54, 1.807) is 0 Å². The first-order chi connectivity index (χ1) is 11.7. The Balaban J connectivity index is 1.42. The zero-order chi connectivity index (χ0) is 16.8. The molecule has 1 aromatic rings. The van der Waals surface area contributed by atoms with Crippen molar-refractivity contribution in [1.82, 2.24) is 9.80 Å². The van der Waals surface area contributed by atoms with Gasteiger partial charge in [-0.1, -0.05) is 30.3 Å². The van der Waals surface area contributed by atoms with Gasteiger partial charge in [-0.2, -0.15) is 0 Å². The predicted molar refractivity (Wildman–Crippen MR) is 92.4 cm³/mol. The first kappa shape index (κ1) is 17.4. The third-order valence-corrected chi connectivity index (χ3v) is 4.90. The Labute approximate surface area is 144 Å². The molecule has 1 amide bonds. The van der Waals surface area contributed by atoms with Gasteiger partial charge in [0.2, 0.25) is 5.91 Å². The van der Waals surface area contributed by atoms with Gasteiger partial charge in [0.1, 0.15) is 0 Å². The highest BCUT2D eigenvalue weighted by Crippen LogP contribution is 2.19. The van der Waals surface area contributed by atoms with Gasteiger partial charge in [-0.25, -0.2) is 0 Å². The molecule has 0 unspecified atom stereocenters. The lowest BCUT2D eigenvalue weighted by atomic mass is 10.2. The largest absolute Gasteiger partial charge is 0.353 e. The number of hydrogen-bond donors (Lipinski definition) is 0. The maximum absolute atomic E-state index is 12.6. The Morgan fingerprint density at radius 2 is 2.08 bits per heavy atom. The summed E-state index contributed by atoms with van der Waals surface area (Å²) in [5.41, 5.74) is 1.19. The minimum atomic E-state index is -0.0546. The Kier molecular flexibility index (Phi) is 6.24. The van der Waals surface area contributed by atoms with Crippen molar-refractivity contribution in [3.05, 3.63) is 35.9 Å². The zero-order valence-corrected chi connectivity index (χ0v) is 14.5. The number of amides is 1. The van der Waals surface area contributed by atoms with Crippen LogP contribution in [0.4, 0.5) is 0 Å². The standard InChI is InChI=1S/C19H28N2O3/c1-20(12-14-24-18-9-5-6-13-23-18)17-10-11-21(19(17)22)15-16-7-3-2-4-8-16/h2-4,7-8,17-18H,5-6,9-15H2,1H3/t17-,18+/m0/s1. The molecule has 2 heterocycles. The Hall–Kier alpha value is -1.43. The van der Waals surface area contributed by atoms with Crippen LogP contribution in [0.3, 0.4) is 0 Å². The number of likely N-dealkylation sites (N-methyl/N-ethyl adjacent to an activating group) is 1. The molecule has 0 aromatic heterocycles. The Morgan fingerprint density at radius 3 is 2.83 bits per heavy atom. The summed E-state index contributed by atoms with van der Waals surface area (Å²) < 4.78 is 11.4. The Bertz CT molecular complexity index is 517. The number of ether oxygens (including phenoxy) is 2. The average Bonchev–Trinajstić information content (AvgIpc) is 2.97. The van der Waals surface area contributed by atoms with Gasteiger partial charge in [-0.15, -0.1) is 0 Å². The number of hydrogen-bond acceptors (Lipinski definition) is 4. The summed E-state index contributed by atoms with van der Waals surface area (Å²) in [4.78, 5) is 16.7. The molecule has 5 heteroatoms. The van der Waals surface area contributed by atoms with Crippen LogP contribution in [0.5, 0.6) is 0 Å². The molecule has 0 saturated carbocycles. The molecule has 0 bridgehead atoms. The third kappa shape index (κ3) is 4.56. The molecule has 2 atom stereocenters. The van der Waals surface area contributed by atoms with Crippen LogP contribution in [0.15, 0.2) is 30.3 Å². The van der Waals surface area contributed by atoms with Crippen molar-refractivity contribution < 1.29 is 14.3 Å². The van der Waals surface area contributed by atoms with E-state index in [0.29, 0.717) is 13.2 Å². The van der Waals surface area contributed by atoms with Crippen LogP contribution >= 0.6 is 0 Å². The van der Waals surface area contributed by atoms with Gasteiger partial charge >= 0.3 is 0 Å². The third-order valence-electron chi connectivity index (χ3n) is 4.90. The van der Waals surface area contributed by atoms with E-state index < -0.39 is 0 Å². The summed E-state index contributed by atoms with van der Waals surface area (Å²) >= 11 is 0. The molecule has 2 fully saturated rings. The van der Waals surface area contributed by atoms with Crippen molar-refractivity contribution in [1.29, 1.82) is 0 Å². The van der Waals surface area contributed by atoms with Crippen molar-refractivity contribution in [2.75, 3.05) is 33.4 Å². The quantitative estimate of drug-likeness (QED) is 0.768. The number of rotatable bonds is 7. The number of benzene rings is 1. The maximum atomic E-state index is 12.6. The predicted octanol–water partition coefficient (Wildman–Crippen LogP) is 2.26. The maximum Gasteiger partial charge on any atom is 0.240 e. The van der Waals surface area contributed by atoms with Crippen LogP contribution in [-0.2, 0) is 20.8 Å². The minimum Gasteiger partial charge on any atom is -0.353 e. The summed E-state index contributed by atoms with van der Waals surface area (Å²) in [6.45, 7) is 3.71. The van der Waals surface area contributed by atoms with Gasteiger partial charge in [0.25, 0.3) is 0 Å². The highest BCUT2D eigenvalue weighted by atomic mass is 16.7. The van der Waals surface area contributed by atoms with Crippen LogP contribution in [-0.4, -0.2) is 61.4 Å². The molecular weight excluding hydrogens is 304 g/mol. The highest BCUT2D eigenvalue weighted by molar-refractivity contribution is 5.83. The van der Waals surface area contributed by atoms with Gasteiger partial charge in [0, 0.05) is 26.2 Å². The number of carbonyl (C=O) groups excluding carboxylic acids is 1. The molecule has 0 radical (unpaired) electrons. The minimum absolute atomic E-state index is 0.0235. The molecule has 2 aliphatic heterocycles. The normalized spacial score (nSPS) is 24.8. The summed E-state index contributed by atoms with van der Waals surface area (Å²) in [7, 11) is 2.01. The molecule has 24 heavy (non-hydrogen) atoms.